The number of nitrogens with one attached hydrogen (secondary N) is 2. The largest absolute Gasteiger partial charge is 0.573 e. The van der Waals surface area contributed by atoms with Gasteiger partial charge in [0, 0.05) is 35.6 Å². The standard InChI is InChI=1S/C35H36F3N3O4S/c1-23-16-26(20-27(17-23)34(44)41-14-6-12-30(41)32-13-7-15-46-32)33(43)40-29(19-24-8-3-2-4-9-24)31(42)22-39-21-25-10-5-11-28(18-25)45-35(36,37)38/h2-5,7-11,13,15-18,20,29-31,39,42H,6,12,14,19,21-22H2,1H3,(H,40,43)/t29-,30?,31-/m0/s1. The molecule has 5 rings (SSSR count). The minimum absolute atomic E-state index is 0.0165. The number of halogens is 3. The molecule has 46 heavy (non-hydrogen) atoms. The van der Waals surface area contributed by atoms with Gasteiger partial charge in [0.1, 0.15) is 5.75 Å². The molecule has 1 aliphatic heterocycles. The van der Waals surface area contributed by atoms with E-state index in [-0.39, 0.29) is 30.8 Å². The van der Waals surface area contributed by atoms with E-state index < -0.39 is 24.4 Å². The normalized spacial score (nSPS) is 16.2. The van der Waals surface area contributed by atoms with Gasteiger partial charge in [0.25, 0.3) is 11.8 Å². The highest BCUT2D eigenvalue weighted by Gasteiger charge is 2.32. The van der Waals surface area contributed by atoms with Gasteiger partial charge in [-0.05, 0) is 84.7 Å². The number of aryl methyl sites for hydroxylation is 1. The highest BCUT2D eigenvalue weighted by atomic mass is 32.1. The first-order valence-corrected chi connectivity index (χ1v) is 16.0. The molecule has 7 nitrogen and oxygen atoms in total. The number of nitrogens with zero attached hydrogens (tertiary/aromatic N) is 1. The number of aliphatic hydroxyl groups excluding tert-OH is 1. The summed E-state index contributed by atoms with van der Waals surface area (Å²) in [7, 11) is 0. The smallest absolute Gasteiger partial charge is 0.406 e. The second-order valence-corrected chi connectivity index (χ2v) is 12.4. The molecule has 3 atom stereocenters. The molecule has 11 heteroatoms. The van der Waals surface area contributed by atoms with Crippen LogP contribution in [-0.4, -0.2) is 53.4 Å². The lowest BCUT2D eigenvalue weighted by Gasteiger charge is -2.26. The van der Waals surface area contributed by atoms with Crippen LogP contribution in [0, 0.1) is 6.92 Å². The van der Waals surface area contributed by atoms with E-state index in [4.69, 9.17) is 0 Å². The number of carbonyl (C=O) groups is 2. The van der Waals surface area contributed by atoms with Crippen molar-refractivity contribution in [1.82, 2.24) is 15.5 Å². The molecular formula is C35H36F3N3O4S. The molecule has 1 fully saturated rings. The zero-order valence-corrected chi connectivity index (χ0v) is 26.1. The third-order valence-corrected chi connectivity index (χ3v) is 8.84. The molecule has 2 heterocycles. The summed E-state index contributed by atoms with van der Waals surface area (Å²) in [6, 6.07) is 23.5. The molecule has 1 aliphatic rings. The molecule has 242 valence electrons. The number of rotatable bonds is 12. The van der Waals surface area contributed by atoms with Crippen LogP contribution >= 0.6 is 11.3 Å². The van der Waals surface area contributed by atoms with E-state index in [1.165, 1.54) is 18.2 Å². The summed E-state index contributed by atoms with van der Waals surface area (Å²) >= 11 is 1.63. The van der Waals surface area contributed by atoms with Gasteiger partial charge in [0.15, 0.2) is 0 Å². The van der Waals surface area contributed by atoms with Gasteiger partial charge in [0.05, 0.1) is 18.2 Å². The maximum atomic E-state index is 13.7. The highest BCUT2D eigenvalue weighted by molar-refractivity contribution is 7.10. The maximum Gasteiger partial charge on any atom is 0.573 e. The summed E-state index contributed by atoms with van der Waals surface area (Å²) in [5, 5.41) is 19.2. The molecule has 3 aromatic carbocycles. The number of hydrogen-bond acceptors (Lipinski definition) is 6. The van der Waals surface area contributed by atoms with Gasteiger partial charge in [-0.15, -0.1) is 24.5 Å². The predicted octanol–water partition coefficient (Wildman–Crippen LogP) is 6.42. The molecule has 2 amide bonds. The SMILES string of the molecule is Cc1cc(C(=O)N[C@@H](Cc2ccccc2)[C@@H](O)CNCc2cccc(OC(F)(F)F)c2)cc(C(=O)N2CCCC2c2cccs2)c1. The number of likely N-dealkylation sites (tertiary alicyclic amines) is 1. The van der Waals surface area contributed by atoms with Crippen molar-refractivity contribution in [1.29, 1.82) is 0 Å². The van der Waals surface area contributed by atoms with Crippen molar-refractivity contribution in [2.24, 2.45) is 0 Å². The fourth-order valence-electron chi connectivity index (χ4n) is 5.75. The second-order valence-electron chi connectivity index (χ2n) is 11.4. The highest BCUT2D eigenvalue weighted by Crippen LogP contribution is 2.35. The van der Waals surface area contributed by atoms with Crippen LogP contribution < -0.4 is 15.4 Å². The molecule has 0 saturated carbocycles. The number of thiophene rings is 1. The number of benzene rings is 3. The first kappa shape index (κ1) is 33.2. The van der Waals surface area contributed by atoms with Gasteiger partial charge in [-0.2, -0.15) is 0 Å². The van der Waals surface area contributed by atoms with Gasteiger partial charge < -0.3 is 25.4 Å². The lowest BCUT2D eigenvalue weighted by atomic mass is 9.99. The van der Waals surface area contributed by atoms with E-state index in [2.05, 4.69) is 15.4 Å². The summed E-state index contributed by atoms with van der Waals surface area (Å²) in [4.78, 5) is 30.3. The van der Waals surface area contributed by atoms with Crippen LogP contribution in [0.1, 0.15) is 61.2 Å². The van der Waals surface area contributed by atoms with E-state index in [1.54, 1.807) is 35.6 Å². The van der Waals surface area contributed by atoms with Crippen LogP contribution in [0.25, 0.3) is 0 Å². The van der Waals surface area contributed by atoms with E-state index in [0.717, 1.165) is 28.8 Å². The third-order valence-electron chi connectivity index (χ3n) is 7.87. The Balaban J connectivity index is 1.28. The zero-order valence-electron chi connectivity index (χ0n) is 25.3. The Bertz CT molecular complexity index is 1620. The number of aliphatic hydroxyl groups is 1. The molecule has 0 radical (unpaired) electrons. The number of hydrogen-bond donors (Lipinski definition) is 3. The van der Waals surface area contributed by atoms with Crippen molar-refractivity contribution < 1.29 is 32.6 Å². The quantitative estimate of drug-likeness (QED) is 0.165. The maximum absolute atomic E-state index is 13.7. The first-order valence-electron chi connectivity index (χ1n) is 15.1. The molecule has 1 unspecified atom stereocenters. The molecule has 0 bridgehead atoms. The summed E-state index contributed by atoms with van der Waals surface area (Å²) in [6.07, 6.45) is -3.70. The van der Waals surface area contributed by atoms with Crippen LogP contribution in [0.5, 0.6) is 5.75 Å². The predicted molar refractivity (Wildman–Crippen MR) is 171 cm³/mol. The Kier molecular flexibility index (Phi) is 10.8. The Morgan fingerprint density at radius 3 is 2.50 bits per heavy atom. The summed E-state index contributed by atoms with van der Waals surface area (Å²) in [6.45, 7) is 2.71. The zero-order chi connectivity index (χ0) is 32.7. The lowest BCUT2D eigenvalue weighted by Crippen LogP contribution is -2.48. The van der Waals surface area contributed by atoms with Crippen LogP contribution in [-0.2, 0) is 13.0 Å². The van der Waals surface area contributed by atoms with Crippen molar-refractivity contribution in [2.75, 3.05) is 13.1 Å². The van der Waals surface area contributed by atoms with Crippen molar-refractivity contribution in [3.63, 3.8) is 0 Å². The van der Waals surface area contributed by atoms with Crippen LogP contribution in [0.3, 0.4) is 0 Å². The van der Waals surface area contributed by atoms with Gasteiger partial charge in [-0.25, -0.2) is 0 Å². The molecule has 1 saturated heterocycles. The molecule has 3 N–H and O–H groups in total. The average molecular weight is 652 g/mol. The van der Waals surface area contributed by atoms with E-state index in [1.807, 2.05) is 59.7 Å². The van der Waals surface area contributed by atoms with Gasteiger partial charge in [-0.1, -0.05) is 48.5 Å². The Morgan fingerprint density at radius 2 is 1.76 bits per heavy atom. The fourth-order valence-corrected chi connectivity index (χ4v) is 6.63. The Labute approximate surface area is 270 Å². The number of carbonyl (C=O) groups excluding carboxylic acids is 2. The van der Waals surface area contributed by atoms with Crippen molar-refractivity contribution in [3.05, 3.63) is 123 Å². The Hall–Kier alpha value is -4.19. The minimum Gasteiger partial charge on any atom is -0.406 e. The number of amides is 2. The van der Waals surface area contributed by atoms with E-state index >= 15 is 0 Å². The van der Waals surface area contributed by atoms with Crippen LogP contribution in [0.4, 0.5) is 13.2 Å². The number of alkyl halides is 3. The minimum atomic E-state index is -4.79. The second kappa shape index (κ2) is 14.9. The van der Waals surface area contributed by atoms with Gasteiger partial charge in [0.2, 0.25) is 0 Å². The average Bonchev–Trinajstić information content (AvgIpc) is 3.72. The molecule has 0 spiro atoms. The summed E-state index contributed by atoms with van der Waals surface area (Å²) in [5.74, 6) is -0.876. The van der Waals surface area contributed by atoms with Crippen molar-refractivity contribution in [3.8, 4) is 5.75 Å². The van der Waals surface area contributed by atoms with Crippen molar-refractivity contribution in [2.45, 2.75) is 57.3 Å². The Morgan fingerprint density at radius 1 is 1.00 bits per heavy atom. The summed E-state index contributed by atoms with van der Waals surface area (Å²) in [5.41, 5.74) is 2.95. The topological polar surface area (TPSA) is 90.9 Å². The van der Waals surface area contributed by atoms with Crippen molar-refractivity contribution >= 4 is 23.2 Å². The van der Waals surface area contributed by atoms with Gasteiger partial charge >= 0.3 is 6.36 Å². The first-order chi connectivity index (χ1) is 22.1. The fraction of sp³-hybridized carbons (Fsp3) is 0.314. The van der Waals surface area contributed by atoms with E-state index in [0.29, 0.717) is 29.7 Å². The molecular weight excluding hydrogens is 615 g/mol. The monoisotopic (exact) mass is 651 g/mol. The number of ether oxygens (including phenoxy) is 1. The van der Waals surface area contributed by atoms with Crippen LogP contribution in [0.2, 0.25) is 0 Å². The van der Waals surface area contributed by atoms with Gasteiger partial charge in [-0.3, -0.25) is 9.59 Å². The molecule has 1 aromatic heterocycles. The molecule has 0 aliphatic carbocycles. The molecule has 4 aromatic rings. The van der Waals surface area contributed by atoms with E-state index in [9.17, 15) is 27.9 Å². The summed E-state index contributed by atoms with van der Waals surface area (Å²) < 4.78 is 41.9. The van der Waals surface area contributed by atoms with Crippen LogP contribution in [0.15, 0.2) is 90.3 Å². The lowest BCUT2D eigenvalue weighted by molar-refractivity contribution is -0.274. The third kappa shape index (κ3) is 8.96.